The smallest absolute Gasteiger partial charge is 0.251 e. The Morgan fingerprint density at radius 1 is 1.24 bits per heavy atom. The van der Waals surface area contributed by atoms with Gasteiger partial charge in [0.15, 0.2) is 0 Å². The molecule has 1 unspecified atom stereocenters. The van der Waals surface area contributed by atoms with E-state index in [9.17, 15) is 14.0 Å². The van der Waals surface area contributed by atoms with Crippen LogP contribution in [0.5, 0.6) is 0 Å². The molecule has 148 valence electrons. The number of rotatable bonds is 4. The zero-order chi connectivity index (χ0) is 20.7. The second-order valence-corrected chi connectivity index (χ2v) is 7.41. The number of fused-ring (bicyclic) bond motifs is 1. The van der Waals surface area contributed by atoms with Gasteiger partial charge in [0.25, 0.3) is 5.91 Å². The van der Waals surface area contributed by atoms with Crippen molar-refractivity contribution in [2.75, 3.05) is 10.6 Å². The molecule has 2 N–H and O–H groups in total. The second-order valence-electron chi connectivity index (χ2n) is 7.01. The lowest BCUT2D eigenvalue weighted by Gasteiger charge is -2.10. The maximum atomic E-state index is 13.3. The molecule has 2 amide bonds. The molecule has 4 rings (SSSR count). The summed E-state index contributed by atoms with van der Waals surface area (Å²) >= 11 is 5.74. The van der Waals surface area contributed by atoms with Gasteiger partial charge in [0.2, 0.25) is 5.91 Å². The van der Waals surface area contributed by atoms with Crippen molar-refractivity contribution in [3.05, 3.63) is 64.6 Å². The van der Waals surface area contributed by atoms with Crippen LogP contribution >= 0.6 is 11.6 Å². The molecule has 0 spiro atoms. The Balaban J connectivity index is 1.57. The monoisotopic (exact) mass is 412 g/mol. The van der Waals surface area contributed by atoms with E-state index in [0.717, 1.165) is 22.4 Å². The van der Waals surface area contributed by atoms with E-state index in [1.54, 1.807) is 4.68 Å². The number of aryl methyl sites for hydroxylation is 2. The molecular formula is C21H18ClFN4O2. The molecule has 2 heterocycles. The van der Waals surface area contributed by atoms with Crippen LogP contribution in [0.3, 0.4) is 0 Å². The van der Waals surface area contributed by atoms with Crippen LogP contribution in [0.15, 0.2) is 42.5 Å². The van der Waals surface area contributed by atoms with Gasteiger partial charge in [-0.2, -0.15) is 5.10 Å². The number of amides is 2. The standard InChI is InChI=1S/C21H18ClFN4O2/c1-11-3-5-13(6-4-11)19-12(2)26-27-17(21(29)25-20(19)27)10-18(28)24-14-7-8-16(23)15(22)9-14/h3-9,17H,10H2,1-2H3,(H,24,28)(H,25,29). The van der Waals surface area contributed by atoms with Crippen molar-refractivity contribution >= 4 is 34.9 Å². The van der Waals surface area contributed by atoms with Gasteiger partial charge >= 0.3 is 0 Å². The number of nitrogens with one attached hydrogen (secondary N) is 2. The second kappa shape index (κ2) is 7.33. The number of halogens is 2. The summed E-state index contributed by atoms with van der Waals surface area (Å²) in [5, 5.41) is 9.88. The Bertz CT molecular complexity index is 1120. The number of carbonyl (C=O) groups excluding carboxylic acids is 2. The van der Waals surface area contributed by atoms with E-state index < -0.39 is 17.8 Å². The molecule has 29 heavy (non-hydrogen) atoms. The number of hydrogen-bond acceptors (Lipinski definition) is 3. The molecule has 1 atom stereocenters. The summed E-state index contributed by atoms with van der Waals surface area (Å²) < 4.78 is 14.8. The topological polar surface area (TPSA) is 76.0 Å². The highest BCUT2D eigenvalue weighted by Gasteiger charge is 2.36. The zero-order valence-corrected chi connectivity index (χ0v) is 16.5. The maximum absolute atomic E-state index is 13.3. The van der Waals surface area contributed by atoms with Crippen LogP contribution < -0.4 is 10.6 Å². The van der Waals surface area contributed by atoms with Gasteiger partial charge in [-0.15, -0.1) is 0 Å². The number of aromatic nitrogens is 2. The highest BCUT2D eigenvalue weighted by Crippen LogP contribution is 2.38. The van der Waals surface area contributed by atoms with Crippen LogP contribution in [-0.2, 0) is 9.59 Å². The molecule has 2 aromatic carbocycles. The first kappa shape index (κ1) is 19.1. The van der Waals surface area contributed by atoms with Crippen LogP contribution in [0.2, 0.25) is 5.02 Å². The van der Waals surface area contributed by atoms with Gasteiger partial charge in [-0.05, 0) is 37.6 Å². The number of anilines is 2. The van der Waals surface area contributed by atoms with E-state index in [-0.39, 0.29) is 17.4 Å². The van der Waals surface area contributed by atoms with Crippen LogP contribution in [0.25, 0.3) is 11.1 Å². The predicted octanol–water partition coefficient (Wildman–Crippen LogP) is 4.48. The van der Waals surface area contributed by atoms with Crippen LogP contribution in [0, 0.1) is 19.7 Å². The minimum absolute atomic E-state index is 0.0888. The van der Waals surface area contributed by atoms with Gasteiger partial charge in [0, 0.05) is 11.3 Å². The fourth-order valence-corrected chi connectivity index (χ4v) is 3.59. The summed E-state index contributed by atoms with van der Waals surface area (Å²) in [6.07, 6.45) is -0.109. The molecule has 0 bridgehead atoms. The van der Waals surface area contributed by atoms with Crippen LogP contribution in [-0.4, -0.2) is 21.6 Å². The Kier molecular flexibility index (Phi) is 4.84. The van der Waals surface area contributed by atoms with Crippen molar-refractivity contribution in [2.24, 2.45) is 0 Å². The van der Waals surface area contributed by atoms with Crippen molar-refractivity contribution in [3.8, 4) is 11.1 Å². The van der Waals surface area contributed by atoms with Crippen molar-refractivity contribution in [3.63, 3.8) is 0 Å². The molecule has 1 aromatic heterocycles. The van der Waals surface area contributed by atoms with E-state index in [2.05, 4.69) is 15.7 Å². The molecule has 0 saturated carbocycles. The van der Waals surface area contributed by atoms with Gasteiger partial charge in [0.05, 0.1) is 17.1 Å². The fourth-order valence-electron chi connectivity index (χ4n) is 3.41. The number of hydrogen-bond donors (Lipinski definition) is 2. The minimum atomic E-state index is -0.765. The summed E-state index contributed by atoms with van der Waals surface area (Å²) in [6.45, 7) is 3.87. The van der Waals surface area contributed by atoms with E-state index in [0.29, 0.717) is 11.5 Å². The fraction of sp³-hybridized carbons (Fsp3) is 0.190. The van der Waals surface area contributed by atoms with Gasteiger partial charge < -0.3 is 10.6 Å². The van der Waals surface area contributed by atoms with E-state index >= 15 is 0 Å². The molecular weight excluding hydrogens is 395 g/mol. The molecule has 0 saturated heterocycles. The van der Waals surface area contributed by atoms with Gasteiger partial charge in [-0.3, -0.25) is 9.59 Å². The van der Waals surface area contributed by atoms with Gasteiger partial charge in [-0.1, -0.05) is 41.4 Å². The molecule has 8 heteroatoms. The van der Waals surface area contributed by atoms with Crippen LogP contribution in [0.1, 0.15) is 23.7 Å². The van der Waals surface area contributed by atoms with Crippen LogP contribution in [0.4, 0.5) is 15.9 Å². The van der Waals surface area contributed by atoms with E-state index in [1.165, 1.54) is 18.2 Å². The average molecular weight is 413 g/mol. The summed E-state index contributed by atoms with van der Waals surface area (Å²) in [5.41, 5.74) is 4.04. The molecule has 6 nitrogen and oxygen atoms in total. The Hall–Kier alpha value is -3.19. The minimum Gasteiger partial charge on any atom is -0.326 e. The third-order valence-corrected chi connectivity index (χ3v) is 5.14. The molecule has 0 fully saturated rings. The molecule has 1 aliphatic rings. The molecule has 0 aliphatic carbocycles. The SMILES string of the molecule is Cc1ccc(-c2c(C)nn3c2NC(=O)C3CC(=O)Nc2ccc(F)c(Cl)c2)cc1. The van der Waals surface area contributed by atoms with Crippen molar-refractivity contribution in [1.82, 2.24) is 9.78 Å². The molecule has 1 aliphatic heterocycles. The Morgan fingerprint density at radius 2 is 1.97 bits per heavy atom. The molecule has 3 aromatic rings. The Labute approximate surface area is 171 Å². The zero-order valence-electron chi connectivity index (χ0n) is 15.8. The predicted molar refractivity (Wildman–Crippen MR) is 109 cm³/mol. The summed E-state index contributed by atoms with van der Waals surface area (Å²) in [5.74, 6) is -0.682. The lowest BCUT2D eigenvalue weighted by atomic mass is 10.0. The number of carbonyl (C=O) groups is 2. The summed E-state index contributed by atoms with van der Waals surface area (Å²) in [4.78, 5) is 25.0. The third kappa shape index (κ3) is 3.61. The quantitative estimate of drug-likeness (QED) is 0.663. The molecule has 0 radical (unpaired) electrons. The maximum Gasteiger partial charge on any atom is 0.251 e. The van der Waals surface area contributed by atoms with Gasteiger partial charge in [0.1, 0.15) is 17.7 Å². The first-order valence-corrected chi connectivity index (χ1v) is 9.43. The lowest BCUT2D eigenvalue weighted by molar-refractivity contribution is -0.123. The lowest BCUT2D eigenvalue weighted by Crippen LogP contribution is -2.23. The average Bonchev–Trinajstić information content (AvgIpc) is 3.13. The van der Waals surface area contributed by atoms with Crippen molar-refractivity contribution in [2.45, 2.75) is 26.3 Å². The highest BCUT2D eigenvalue weighted by atomic mass is 35.5. The third-order valence-electron chi connectivity index (χ3n) is 4.85. The first-order valence-electron chi connectivity index (χ1n) is 9.05. The summed E-state index contributed by atoms with van der Waals surface area (Å²) in [6, 6.07) is 11.1. The normalized spacial score (nSPS) is 15.2. The highest BCUT2D eigenvalue weighted by molar-refractivity contribution is 6.31. The number of benzene rings is 2. The van der Waals surface area contributed by atoms with Crippen molar-refractivity contribution < 1.29 is 14.0 Å². The largest absolute Gasteiger partial charge is 0.326 e. The van der Waals surface area contributed by atoms with Crippen molar-refractivity contribution in [1.29, 1.82) is 0 Å². The number of nitrogens with zero attached hydrogens (tertiary/aromatic N) is 2. The van der Waals surface area contributed by atoms with E-state index in [1.807, 2.05) is 38.1 Å². The summed E-state index contributed by atoms with van der Waals surface area (Å²) in [7, 11) is 0. The van der Waals surface area contributed by atoms with E-state index in [4.69, 9.17) is 11.6 Å². The first-order chi connectivity index (χ1) is 13.8. The Morgan fingerprint density at radius 3 is 2.66 bits per heavy atom. The van der Waals surface area contributed by atoms with Gasteiger partial charge in [-0.25, -0.2) is 9.07 Å².